The highest BCUT2D eigenvalue weighted by Crippen LogP contribution is 2.07. The lowest BCUT2D eigenvalue weighted by Gasteiger charge is -2.30. The van der Waals surface area contributed by atoms with Gasteiger partial charge in [-0.15, -0.1) is 0 Å². The number of hydrogen-bond acceptors (Lipinski definition) is 4. The summed E-state index contributed by atoms with van der Waals surface area (Å²) in [5.41, 5.74) is 0. The van der Waals surface area contributed by atoms with Crippen LogP contribution in [0.1, 0.15) is 12.8 Å². The molecule has 2 amide bonds. The lowest BCUT2D eigenvalue weighted by atomic mass is 10.1. The molecule has 1 rings (SSSR count). The van der Waals surface area contributed by atoms with Gasteiger partial charge in [0.1, 0.15) is 0 Å². The molecule has 0 aliphatic carbocycles. The number of aliphatic carboxylic acids is 1. The largest absolute Gasteiger partial charge is 0.480 e. The van der Waals surface area contributed by atoms with E-state index in [0.29, 0.717) is 0 Å². The lowest BCUT2D eigenvalue weighted by molar-refractivity contribution is -0.140. The predicted octanol–water partition coefficient (Wildman–Crippen LogP) is -0.521. The molecule has 1 fully saturated rings. The Morgan fingerprint density at radius 3 is 2.83 bits per heavy atom. The number of hydrogen-bond donors (Lipinski definition) is 3. The molecule has 0 aromatic carbocycles. The van der Waals surface area contributed by atoms with Crippen LogP contribution < -0.4 is 10.6 Å². The lowest BCUT2D eigenvalue weighted by Crippen LogP contribution is -2.53. The zero-order chi connectivity index (χ0) is 13.5. The first kappa shape index (κ1) is 14.7. The van der Waals surface area contributed by atoms with Crippen LogP contribution in [-0.4, -0.2) is 67.9 Å². The van der Waals surface area contributed by atoms with Gasteiger partial charge in [0.25, 0.3) is 0 Å². The molecule has 7 nitrogen and oxygen atoms in total. The van der Waals surface area contributed by atoms with Gasteiger partial charge in [0.15, 0.2) is 6.04 Å². The number of urea groups is 1. The number of carboxylic acids is 1. The molecule has 1 aliphatic heterocycles. The number of carbonyl (C=O) groups is 2. The first-order chi connectivity index (χ1) is 8.52. The minimum atomic E-state index is -1.10. The molecule has 0 aromatic rings. The van der Waals surface area contributed by atoms with E-state index < -0.39 is 18.0 Å². The van der Waals surface area contributed by atoms with E-state index in [1.54, 1.807) is 0 Å². The Kier molecular flexibility index (Phi) is 5.87. The van der Waals surface area contributed by atoms with Crippen LogP contribution in [0, 0.1) is 0 Å². The van der Waals surface area contributed by atoms with E-state index in [0.717, 1.165) is 25.9 Å². The summed E-state index contributed by atoms with van der Waals surface area (Å²) < 4.78 is 4.74. The van der Waals surface area contributed by atoms with E-state index >= 15 is 0 Å². The van der Waals surface area contributed by atoms with Gasteiger partial charge in [-0.2, -0.15) is 0 Å². The summed E-state index contributed by atoms with van der Waals surface area (Å²) in [6, 6.07) is -1.41. The number of carboxylic acid groups (broad SMARTS) is 1. The maximum atomic E-state index is 11.6. The number of likely N-dealkylation sites (N-methyl/N-ethyl adjacent to an activating group) is 1. The second-order valence-corrected chi connectivity index (χ2v) is 4.57. The molecule has 0 spiro atoms. The molecule has 104 valence electrons. The Balaban J connectivity index is 2.37. The number of nitrogens with one attached hydrogen (secondary N) is 2. The summed E-state index contributed by atoms with van der Waals surface area (Å²) >= 11 is 0. The third-order valence-corrected chi connectivity index (χ3v) is 2.90. The Hall–Kier alpha value is -1.34. The molecule has 1 saturated heterocycles. The highest BCUT2D eigenvalue weighted by atomic mass is 16.5. The van der Waals surface area contributed by atoms with E-state index in [2.05, 4.69) is 15.5 Å². The van der Waals surface area contributed by atoms with Crippen molar-refractivity contribution < 1.29 is 19.4 Å². The summed E-state index contributed by atoms with van der Waals surface area (Å²) in [5, 5.41) is 14.0. The molecule has 18 heavy (non-hydrogen) atoms. The topological polar surface area (TPSA) is 90.9 Å². The van der Waals surface area contributed by atoms with Gasteiger partial charge in [0, 0.05) is 19.7 Å². The third kappa shape index (κ3) is 4.89. The summed E-state index contributed by atoms with van der Waals surface area (Å²) in [6.07, 6.45) is 1.95. The van der Waals surface area contributed by atoms with E-state index in [-0.39, 0.29) is 12.6 Å². The van der Waals surface area contributed by atoms with Crippen LogP contribution in [-0.2, 0) is 9.53 Å². The highest BCUT2D eigenvalue weighted by molar-refractivity contribution is 5.82. The van der Waals surface area contributed by atoms with Crippen molar-refractivity contribution in [3.05, 3.63) is 0 Å². The monoisotopic (exact) mass is 259 g/mol. The molecule has 1 aliphatic rings. The Morgan fingerprint density at radius 1 is 1.56 bits per heavy atom. The molecule has 2 atom stereocenters. The minimum absolute atomic E-state index is 0.0483. The maximum absolute atomic E-state index is 11.6. The van der Waals surface area contributed by atoms with Crippen molar-refractivity contribution in [3.8, 4) is 0 Å². The normalized spacial score (nSPS) is 22.2. The van der Waals surface area contributed by atoms with Crippen LogP contribution in [0.2, 0.25) is 0 Å². The molecule has 0 radical (unpaired) electrons. The fourth-order valence-electron chi connectivity index (χ4n) is 2.01. The average Bonchev–Trinajstić information content (AvgIpc) is 2.28. The second-order valence-electron chi connectivity index (χ2n) is 4.57. The summed E-state index contributed by atoms with van der Waals surface area (Å²) in [7, 11) is 3.39. The van der Waals surface area contributed by atoms with Crippen LogP contribution in [0.4, 0.5) is 4.79 Å². The van der Waals surface area contributed by atoms with E-state index in [4.69, 9.17) is 9.84 Å². The summed E-state index contributed by atoms with van der Waals surface area (Å²) in [5.74, 6) is -1.10. The van der Waals surface area contributed by atoms with Crippen molar-refractivity contribution >= 4 is 12.0 Å². The number of ether oxygens (including phenoxy) is 1. The molecule has 3 N–H and O–H groups in total. The van der Waals surface area contributed by atoms with Crippen LogP contribution in [0.25, 0.3) is 0 Å². The second kappa shape index (κ2) is 7.17. The highest BCUT2D eigenvalue weighted by Gasteiger charge is 2.23. The van der Waals surface area contributed by atoms with Gasteiger partial charge < -0.3 is 25.4 Å². The maximum Gasteiger partial charge on any atom is 0.328 e. The first-order valence-corrected chi connectivity index (χ1v) is 6.00. The number of likely N-dealkylation sites (tertiary alicyclic amines) is 1. The quantitative estimate of drug-likeness (QED) is 0.618. The molecular weight excluding hydrogens is 238 g/mol. The van der Waals surface area contributed by atoms with Gasteiger partial charge in [-0.25, -0.2) is 9.59 Å². The molecular formula is C11H21N3O4. The molecule has 0 saturated carbocycles. The fraction of sp³-hybridized carbons (Fsp3) is 0.818. The molecule has 7 heteroatoms. The summed E-state index contributed by atoms with van der Waals surface area (Å²) in [4.78, 5) is 24.6. The van der Waals surface area contributed by atoms with E-state index in [9.17, 15) is 9.59 Å². The smallest absolute Gasteiger partial charge is 0.328 e. The number of carbonyl (C=O) groups excluding carboxylic acids is 1. The zero-order valence-corrected chi connectivity index (χ0v) is 10.8. The number of rotatable bonds is 5. The van der Waals surface area contributed by atoms with Crippen molar-refractivity contribution in [2.45, 2.75) is 24.9 Å². The van der Waals surface area contributed by atoms with Crippen molar-refractivity contribution in [3.63, 3.8) is 0 Å². The van der Waals surface area contributed by atoms with Crippen molar-refractivity contribution in [2.24, 2.45) is 0 Å². The van der Waals surface area contributed by atoms with Crippen molar-refractivity contribution in [1.29, 1.82) is 0 Å². The molecule has 0 aromatic heterocycles. The molecule has 2 unspecified atom stereocenters. The molecule has 0 bridgehead atoms. The van der Waals surface area contributed by atoms with E-state index in [1.165, 1.54) is 7.11 Å². The summed E-state index contributed by atoms with van der Waals surface area (Å²) in [6.45, 7) is 1.77. The SMILES string of the molecule is COCC(NC(=O)NC1CCCN(C)C1)C(=O)O. The number of amides is 2. The van der Waals surface area contributed by atoms with E-state index in [1.807, 2.05) is 7.05 Å². The van der Waals surface area contributed by atoms with Gasteiger partial charge in [0.2, 0.25) is 0 Å². The average molecular weight is 259 g/mol. The Labute approximate surface area is 106 Å². The van der Waals surface area contributed by atoms with Gasteiger partial charge >= 0.3 is 12.0 Å². The number of methoxy groups -OCH3 is 1. The van der Waals surface area contributed by atoms with Crippen LogP contribution in [0.15, 0.2) is 0 Å². The Bertz CT molecular complexity index is 298. The van der Waals surface area contributed by atoms with Crippen molar-refractivity contribution in [1.82, 2.24) is 15.5 Å². The van der Waals surface area contributed by atoms with Crippen LogP contribution in [0.3, 0.4) is 0 Å². The fourth-order valence-corrected chi connectivity index (χ4v) is 2.01. The first-order valence-electron chi connectivity index (χ1n) is 6.00. The number of nitrogens with zero attached hydrogens (tertiary/aromatic N) is 1. The standard InChI is InChI=1S/C11H21N3O4/c1-14-5-3-4-8(6-14)12-11(17)13-9(7-18-2)10(15)16/h8-9H,3-7H2,1-2H3,(H,15,16)(H2,12,13,17). The van der Waals surface area contributed by atoms with Gasteiger partial charge in [-0.3, -0.25) is 0 Å². The van der Waals surface area contributed by atoms with Gasteiger partial charge in [-0.05, 0) is 26.4 Å². The third-order valence-electron chi connectivity index (χ3n) is 2.90. The van der Waals surface area contributed by atoms with Crippen LogP contribution >= 0.6 is 0 Å². The van der Waals surface area contributed by atoms with Crippen molar-refractivity contribution in [2.75, 3.05) is 33.9 Å². The van der Waals surface area contributed by atoms with Crippen LogP contribution in [0.5, 0.6) is 0 Å². The van der Waals surface area contributed by atoms with Gasteiger partial charge in [-0.1, -0.05) is 0 Å². The number of piperidine rings is 1. The Morgan fingerprint density at radius 2 is 2.28 bits per heavy atom. The predicted molar refractivity (Wildman–Crippen MR) is 65.5 cm³/mol. The van der Waals surface area contributed by atoms with Gasteiger partial charge in [0.05, 0.1) is 6.61 Å². The minimum Gasteiger partial charge on any atom is -0.480 e. The molecule has 1 heterocycles. The zero-order valence-electron chi connectivity index (χ0n) is 10.8.